The van der Waals surface area contributed by atoms with E-state index in [1.807, 2.05) is 73.7 Å². The molecular weight excluding hydrogens is 494 g/mol. The highest BCUT2D eigenvalue weighted by Gasteiger charge is 2.26. The molecule has 5 rings (SSSR count). The zero-order valence-electron chi connectivity index (χ0n) is 21.9. The molecule has 4 aromatic rings. The van der Waals surface area contributed by atoms with Crippen molar-refractivity contribution < 1.29 is 23.5 Å². The number of carbonyl (C=O) groups is 2. The fourth-order valence-electron chi connectivity index (χ4n) is 5.04. The molecule has 0 spiro atoms. The fourth-order valence-corrected chi connectivity index (χ4v) is 5.04. The van der Waals surface area contributed by atoms with Gasteiger partial charge >= 0.3 is 17.7 Å². The van der Waals surface area contributed by atoms with E-state index in [1.165, 1.54) is 0 Å². The van der Waals surface area contributed by atoms with E-state index in [9.17, 15) is 14.4 Å². The van der Waals surface area contributed by atoms with E-state index in [2.05, 4.69) is 5.32 Å². The molecule has 0 radical (unpaired) electrons. The van der Waals surface area contributed by atoms with E-state index < -0.39 is 18.1 Å². The summed E-state index contributed by atoms with van der Waals surface area (Å²) in [6.07, 6.45) is 3.50. The molecule has 0 saturated carbocycles. The van der Waals surface area contributed by atoms with Crippen molar-refractivity contribution in [3.8, 4) is 5.75 Å². The standard InChI is InChI=1S/C32H31NO6/c1-2-10-23-18-26-24-15-9-16-25(24)30(34)39-29(26)19-28(23)38-31(35)27(17-21-11-5-3-6-12-21)33-32(36)37-20-22-13-7-4-8-14-22/h3-8,11-14,18-19,27H,2,9-10,15-17,20H2,1H3,(H,33,36)/t27-/m0/s1. The van der Waals surface area contributed by atoms with Crippen LogP contribution in [0.3, 0.4) is 0 Å². The van der Waals surface area contributed by atoms with Crippen molar-refractivity contribution in [2.75, 3.05) is 0 Å². The van der Waals surface area contributed by atoms with Crippen molar-refractivity contribution >= 4 is 23.0 Å². The number of benzene rings is 3. The number of hydrogen-bond acceptors (Lipinski definition) is 6. The second kappa shape index (κ2) is 12.0. The van der Waals surface area contributed by atoms with E-state index in [0.29, 0.717) is 17.8 Å². The van der Waals surface area contributed by atoms with Crippen LogP contribution in [0.15, 0.2) is 82.0 Å². The van der Waals surface area contributed by atoms with Crippen LogP contribution in [0.4, 0.5) is 4.79 Å². The van der Waals surface area contributed by atoms with Gasteiger partial charge in [0.05, 0.1) is 0 Å². The summed E-state index contributed by atoms with van der Waals surface area (Å²) in [6, 6.07) is 21.3. The van der Waals surface area contributed by atoms with Gasteiger partial charge < -0.3 is 19.2 Å². The molecule has 1 N–H and O–H groups in total. The number of carbonyl (C=O) groups excluding carboxylic acids is 2. The topological polar surface area (TPSA) is 94.8 Å². The number of hydrogen-bond donors (Lipinski definition) is 1. The van der Waals surface area contributed by atoms with E-state index in [4.69, 9.17) is 13.9 Å². The number of rotatable bonds is 9. The predicted octanol–water partition coefficient (Wildman–Crippen LogP) is 5.68. The number of alkyl carbamates (subject to hydrolysis) is 1. The predicted molar refractivity (Wildman–Crippen MR) is 148 cm³/mol. The summed E-state index contributed by atoms with van der Waals surface area (Å²) in [5.74, 6) is -0.302. The van der Waals surface area contributed by atoms with E-state index in [0.717, 1.165) is 58.9 Å². The third-order valence-electron chi connectivity index (χ3n) is 6.96. The summed E-state index contributed by atoms with van der Waals surface area (Å²) >= 11 is 0. The summed E-state index contributed by atoms with van der Waals surface area (Å²) in [5.41, 5.74) is 4.39. The fraction of sp³-hybridized carbons (Fsp3) is 0.281. The number of ether oxygens (including phenoxy) is 2. The zero-order chi connectivity index (χ0) is 27.2. The third-order valence-corrected chi connectivity index (χ3v) is 6.96. The van der Waals surface area contributed by atoms with Gasteiger partial charge in [-0.15, -0.1) is 0 Å². The first-order chi connectivity index (χ1) is 19.0. The van der Waals surface area contributed by atoms with Crippen molar-refractivity contribution in [1.29, 1.82) is 0 Å². The van der Waals surface area contributed by atoms with Crippen molar-refractivity contribution in [2.45, 2.75) is 58.1 Å². The van der Waals surface area contributed by atoms with Gasteiger partial charge in [-0.2, -0.15) is 0 Å². The molecule has 0 aliphatic heterocycles. The Kier molecular flexibility index (Phi) is 8.06. The molecule has 0 saturated heterocycles. The SMILES string of the molecule is CCCc1cc2c3c(c(=O)oc2cc1OC(=O)[C@H](Cc1ccccc1)NC(=O)OCc1ccccc1)CCC3. The molecule has 7 nitrogen and oxygen atoms in total. The van der Waals surface area contributed by atoms with Gasteiger partial charge in [0.1, 0.15) is 24.0 Å². The lowest BCUT2D eigenvalue weighted by atomic mass is 10.0. The third kappa shape index (κ3) is 6.20. The van der Waals surface area contributed by atoms with Gasteiger partial charge in [-0.3, -0.25) is 0 Å². The van der Waals surface area contributed by atoms with Crippen LogP contribution in [0, 0.1) is 0 Å². The Balaban J connectivity index is 1.40. The molecule has 1 aromatic heterocycles. The molecule has 7 heteroatoms. The number of aryl methyl sites for hydroxylation is 2. The lowest BCUT2D eigenvalue weighted by molar-refractivity contribution is -0.136. The average molecular weight is 526 g/mol. The minimum Gasteiger partial charge on any atom is -0.445 e. The zero-order valence-corrected chi connectivity index (χ0v) is 21.9. The van der Waals surface area contributed by atoms with Crippen molar-refractivity contribution in [1.82, 2.24) is 5.32 Å². The molecule has 200 valence electrons. The molecule has 0 fully saturated rings. The van der Waals surface area contributed by atoms with Gasteiger partial charge in [0.2, 0.25) is 0 Å². The summed E-state index contributed by atoms with van der Waals surface area (Å²) < 4.78 is 16.9. The Hall–Kier alpha value is -4.39. The highest BCUT2D eigenvalue weighted by Crippen LogP contribution is 2.33. The van der Waals surface area contributed by atoms with Gasteiger partial charge in [0, 0.05) is 23.4 Å². The summed E-state index contributed by atoms with van der Waals surface area (Å²) in [5, 5.41) is 3.58. The average Bonchev–Trinajstić information content (AvgIpc) is 3.45. The molecule has 39 heavy (non-hydrogen) atoms. The van der Waals surface area contributed by atoms with Crippen molar-refractivity contribution in [3.05, 3.63) is 111 Å². The number of nitrogens with one attached hydrogen (secondary N) is 1. The Morgan fingerprint density at radius 1 is 0.949 bits per heavy atom. The van der Waals surface area contributed by atoms with Crippen molar-refractivity contribution in [2.24, 2.45) is 0 Å². The Labute approximate surface area is 226 Å². The molecule has 1 atom stereocenters. The molecule has 0 unspecified atom stereocenters. The monoisotopic (exact) mass is 525 g/mol. The van der Waals surface area contributed by atoms with Gasteiger partial charge in [-0.05, 0) is 54.0 Å². The first kappa shape index (κ1) is 26.2. The maximum Gasteiger partial charge on any atom is 0.408 e. The largest absolute Gasteiger partial charge is 0.445 e. The lowest BCUT2D eigenvalue weighted by Gasteiger charge is -2.19. The molecular formula is C32H31NO6. The lowest BCUT2D eigenvalue weighted by Crippen LogP contribution is -2.44. The quantitative estimate of drug-likeness (QED) is 0.172. The highest BCUT2D eigenvalue weighted by molar-refractivity contribution is 5.87. The normalized spacial score (nSPS) is 13.1. The van der Waals surface area contributed by atoms with Crippen LogP contribution in [0.5, 0.6) is 5.75 Å². The highest BCUT2D eigenvalue weighted by atomic mass is 16.6. The van der Waals surface area contributed by atoms with Gasteiger partial charge in [0.25, 0.3) is 0 Å². The van der Waals surface area contributed by atoms with Crippen LogP contribution in [0.25, 0.3) is 11.0 Å². The van der Waals surface area contributed by atoms with E-state index >= 15 is 0 Å². The maximum atomic E-state index is 13.5. The Bertz CT molecular complexity index is 1530. The molecule has 1 aliphatic carbocycles. The maximum absolute atomic E-state index is 13.5. The number of fused-ring (bicyclic) bond motifs is 3. The summed E-state index contributed by atoms with van der Waals surface area (Å²) in [6.45, 7) is 2.13. The van der Waals surface area contributed by atoms with Gasteiger partial charge in [0.15, 0.2) is 0 Å². The van der Waals surface area contributed by atoms with E-state index in [-0.39, 0.29) is 18.7 Å². The molecule has 1 aliphatic rings. The molecule has 0 bridgehead atoms. The number of amides is 1. The van der Waals surface area contributed by atoms with Crippen LogP contribution >= 0.6 is 0 Å². The minimum atomic E-state index is -0.993. The molecule has 3 aromatic carbocycles. The Morgan fingerprint density at radius 3 is 2.36 bits per heavy atom. The summed E-state index contributed by atoms with van der Waals surface area (Å²) in [7, 11) is 0. The molecule has 1 amide bonds. The molecule has 1 heterocycles. The van der Waals surface area contributed by atoms with Gasteiger partial charge in [-0.25, -0.2) is 14.4 Å². The van der Waals surface area contributed by atoms with Crippen LogP contribution in [0.1, 0.15) is 47.6 Å². The first-order valence-corrected chi connectivity index (χ1v) is 13.4. The Morgan fingerprint density at radius 2 is 1.64 bits per heavy atom. The van der Waals surface area contributed by atoms with Crippen LogP contribution in [-0.2, 0) is 41.8 Å². The minimum absolute atomic E-state index is 0.0778. The second-order valence-electron chi connectivity index (χ2n) is 9.78. The van der Waals surface area contributed by atoms with Gasteiger partial charge in [-0.1, -0.05) is 74.0 Å². The van der Waals surface area contributed by atoms with Crippen LogP contribution < -0.4 is 15.7 Å². The smallest absolute Gasteiger partial charge is 0.408 e. The summed E-state index contributed by atoms with van der Waals surface area (Å²) in [4.78, 5) is 38.7. The number of esters is 1. The second-order valence-corrected chi connectivity index (χ2v) is 9.78. The van der Waals surface area contributed by atoms with Crippen LogP contribution in [0.2, 0.25) is 0 Å². The van der Waals surface area contributed by atoms with Crippen molar-refractivity contribution in [3.63, 3.8) is 0 Å². The van der Waals surface area contributed by atoms with E-state index in [1.54, 1.807) is 6.07 Å². The van der Waals surface area contributed by atoms with Crippen LogP contribution in [-0.4, -0.2) is 18.1 Å². The first-order valence-electron chi connectivity index (χ1n) is 13.4.